The minimum atomic E-state index is -0.432. The van der Waals surface area contributed by atoms with Crippen molar-refractivity contribution < 1.29 is 14.3 Å². The summed E-state index contributed by atoms with van der Waals surface area (Å²) in [6, 6.07) is 4.00. The zero-order valence-corrected chi connectivity index (χ0v) is 12.2. The first-order chi connectivity index (χ1) is 10.1. The van der Waals surface area contributed by atoms with E-state index in [0.717, 1.165) is 32.4 Å². The van der Waals surface area contributed by atoms with Crippen LogP contribution in [0, 0.1) is 23.6 Å². The minimum absolute atomic E-state index is 0.105. The number of amides is 1. The number of nitrogens with zero attached hydrogens (tertiary/aromatic N) is 1. The first kappa shape index (κ1) is 15.5. The van der Waals surface area contributed by atoms with Gasteiger partial charge in [0.05, 0.1) is 5.56 Å². The van der Waals surface area contributed by atoms with Crippen LogP contribution >= 0.6 is 0 Å². The highest BCUT2D eigenvalue weighted by molar-refractivity contribution is 5.96. The highest BCUT2D eigenvalue weighted by Gasteiger charge is 2.21. The van der Waals surface area contributed by atoms with E-state index >= 15 is 0 Å². The molecule has 1 aliphatic heterocycles. The van der Waals surface area contributed by atoms with Crippen LogP contribution in [0.2, 0.25) is 0 Å². The summed E-state index contributed by atoms with van der Waals surface area (Å²) < 4.78 is 13.3. The average molecular weight is 289 g/mol. The fraction of sp³-hybridized carbons (Fsp3) is 0.471. The molecule has 0 saturated carbocycles. The van der Waals surface area contributed by atoms with E-state index in [1.807, 2.05) is 4.90 Å². The lowest BCUT2D eigenvalue weighted by atomic mass is 10.0. The van der Waals surface area contributed by atoms with Gasteiger partial charge in [0.2, 0.25) is 0 Å². The van der Waals surface area contributed by atoms with E-state index in [1.165, 1.54) is 18.2 Å². The van der Waals surface area contributed by atoms with Gasteiger partial charge in [-0.15, -0.1) is 0 Å². The summed E-state index contributed by atoms with van der Waals surface area (Å²) in [5.74, 6) is 5.23. The van der Waals surface area contributed by atoms with Crippen LogP contribution in [0.15, 0.2) is 18.2 Å². The van der Waals surface area contributed by atoms with Gasteiger partial charge in [0.15, 0.2) is 0 Å². The molecule has 112 valence electrons. The number of benzene rings is 1. The standard InChI is InChI=1S/C17H20FNO2/c1-13-4-2-9-19(10-8-13)17(21)16-7-6-15(18)12-14(16)5-3-11-20/h6-7,12-13,20H,2,4,8-11H2,1H3. The third-order valence-corrected chi connectivity index (χ3v) is 3.82. The lowest BCUT2D eigenvalue weighted by molar-refractivity contribution is 0.0760. The van der Waals surface area contributed by atoms with Crippen molar-refractivity contribution in [2.75, 3.05) is 19.7 Å². The molecule has 3 nitrogen and oxygen atoms in total. The maximum atomic E-state index is 13.3. The van der Waals surface area contributed by atoms with E-state index in [-0.39, 0.29) is 12.5 Å². The second-order valence-electron chi connectivity index (χ2n) is 5.48. The van der Waals surface area contributed by atoms with Crippen LogP contribution in [0.4, 0.5) is 4.39 Å². The van der Waals surface area contributed by atoms with Crippen molar-refractivity contribution in [3.63, 3.8) is 0 Å². The van der Waals surface area contributed by atoms with Crippen molar-refractivity contribution in [3.05, 3.63) is 35.1 Å². The van der Waals surface area contributed by atoms with Crippen molar-refractivity contribution in [2.24, 2.45) is 5.92 Å². The highest BCUT2D eigenvalue weighted by atomic mass is 19.1. The molecule has 1 aliphatic rings. The molecule has 0 bridgehead atoms. The van der Waals surface area contributed by atoms with Gasteiger partial charge in [0.25, 0.3) is 5.91 Å². The second-order valence-corrected chi connectivity index (χ2v) is 5.48. The smallest absolute Gasteiger partial charge is 0.255 e. The first-order valence-electron chi connectivity index (χ1n) is 7.30. The van der Waals surface area contributed by atoms with Gasteiger partial charge in [-0.05, 0) is 43.4 Å². The largest absolute Gasteiger partial charge is 0.384 e. The molecule has 1 N–H and O–H groups in total. The fourth-order valence-corrected chi connectivity index (χ4v) is 2.58. The van der Waals surface area contributed by atoms with Gasteiger partial charge in [-0.25, -0.2) is 4.39 Å². The Kier molecular flexibility index (Phi) is 5.35. The molecule has 1 atom stereocenters. The Morgan fingerprint density at radius 3 is 3.00 bits per heavy atom. The van der Waals surface area contributed by atoms with Crippen molar-refractivity contribution in [1.82, 2.24) is 4.90 Å². The molecule has 4 heteroatoms. The lowest BCUT2D eigenvalue weighted by Crippen LogP contribution is -2.32. The molecular formula is C17H20FNO2. The lowest BCUT2D eigenvalue weighted by Gasteiger charge is -2.21. The van der Waals surface area contributed by atoms with E-state index in [9.17, 15) is 9.18 Å². The van der Waals surface area contributed by atoms with E-state index in [2.05, 4.69) is 18.8 Å². The maximum absolute atomic E-state index is 13.3. The Hall–Kier alpha value is -1.86. The van der Waals surface area contributed by atoms with Gasteiger partial charge in [0, 0.05) is 18.7 Å². The van der Waals surface area contributed by atoms with Crippen LogP contribution < -0.4 is 0 Å². The van der Waals surface area contributed by atoms with E-state index in [0.29, 0.717) is 17.0 Å². The summed E-state index contributed by atoms with van der Waals surface area (Å²) in [4.78, 5) is 14.4. The molecule has 1 amide bonds. The highest BCUT2D eigenvalue weighted by Crippen LogP contribution is 2.20. The van der Waals surface area contributed by atoms with Gasteiger partial charge in [0.1, 0.15) is 12.4 Å². The third-order valence-electron chi connectivity index (χ3n) is 3.82. The number of hydrogen-bond acceptors (Lipinski definition) is 2. The molecule has 1 fully saturated rings. The number of likely N-dealkylation sites (tertiary alicyclic amines) is 1. The zero-order valence-electron chi connectivity index (χ0n) is 12.2. The first-order valence-corrected chi connectivity index (χ1v) is 7.30. The van der Waals surface area contributed by atoms with Crippen LogP contribution in [0.25, 0.3) is 0 Å². The predicted molar refractivity (Wildman–Crippen MR) is 79.3 cm³/mol. The Bertz CT molecular complexity index is 574. The van der Waals surface area contributed by atoms with Crippen LogP contribution in [0.3, 0.4) is 0 Å². The number of aliphatic hydroxyl groups excluding tert-OH is 1. The molecule has 1 aromatic carbocycles. The predicted octanol–water partition coefficient (Wildman–Crippen LogP) is 2.43. The molecular weight excluding hydrogens is 269 g/mol. The minimum Gasteiger partial charge on any atom is -0.384 e. The Balaban J connectivity index is 2.25. The van der Waals surface area contributed by atoms with Gasteiger partial charge in [-0.2, -0.15) is 0 Å². The Morgan fingerprint density at radius 1 is 1.43 bits per heavy atom. The van der Waals surface area contributed by atoms with E-state index < -0.39 is 5.82 Å². The van der Waals surface area contributed by atoms with Crippen molar-refractivity contribution >= 4 is 5.91 Å². The van der Waals surface area contributed by atoms with E-state index in [1.54, 1.807) is 0 Å². The van der Waals surface area contributed by atoms with Gasteiger partial charge in [-0.3, -0.25) is 4.79 Å². The summed E-state index contributed by atoms with van der Waals surface area (Å²) in [6.45, 7) is 3.34. The molecule has 1 aromatic rings. The van der Waals surface area contributed by atoms with Crippen molar-refractivity contribution in [3.8, 4) is 11.8 Å². The van der Waals surface area contributed by atoms with Crippen molar-refractivity contribution in [2.45, 2.75) is 26.2 Å². The second kappa shape index (κ2) is 7.24. The number of rotatable bonds is 1. The van der Waals surface area contributed by atoms with Crippen LogP contribution in [0.1, 0.15) is 42.1 Å². The molecule has 0 aliphatic carbocycles. The summed E-state index contributed by atoms with van der Waals surface area (Å²) in [5.41, 5.74) is 0.748. The average Bonchev–Trinajstić information content (AvgIpc) is 2.69. The quantitative estimate of drug-likeness (QED) is 0.807. The third kappa shape index (κ3) is 4.05. The van der Waals surface area contributed by atoms with Gasteiger partial charge >= 0.3 is 0 Å². The molecule has 1 saturated heterocycles. The topological polar surface area (TPSA) is 40.5 Å². The summed E-state index contributed by atoms with van der Waals surface area (Å²) >= 11 is 0. The Labute approximate surface area is 124 Å². The zero-order chi connectivity index (χ0) is 15.2. The van der Waals surface area contributed by atoms with Crippen molar-refractivity contribution in [1.29, 1.82) is 0 Å². The summed E-state index contributed by atoms with van der Waals surface area (Å²) in [5, 5.41) is 8.78. The van der Waals surface area contributed by atoms with Crippen LogP contribution in [0.5, 0.6) is 0 Å². The number of carbonyl (C=O) groups excluding carboxylic acids is 1. The molecule has 0 spiro atoms. The normalized spacial score (nSPS) is 18.6. The molecule has 1 unspecified atom stereocenters. The maximum Gasteiger partial charge on any atom is 0.255 e. The van der Waals surface area contributed by atoms with Gasteiger partial charge in [-0.1, -0.05) is 18.8 Å². The monoisotopic (exact) mass is 289 g/mol. The molecule has 21 heavy (non-hydrogen) atoms. The Morgan fingerprint density at radius 2 is 2.24 bits per heavy atom. The van der Waals surface area contributed by atoms with Crippen LogP contribution in [-0.2, 0) is 0 Å². The fourth-order valence-electron chi connectivity index (χ4n) is 2.58. The number of halogens is 1. The number of aliphatic hydroxyl groups is 1. The SMILES string of the molecule is CC1CCCN(C(=O)c2ccc(F)cc2C#CCO)CC1. The molecule has 1 heterocycles. The molecule has 0 aromatic heterocycles. The molecule has 0 radical (unpaired) electrons. The number of hydrogen-bond donors (Lipinski definition) is 1. The van der Waals surface area contributed by atoms with Crippen LogP contribution in [-0.4, -0.2) is 35.6 Å². The number of carbonyl (C=O) groups is 1. The van der Waals surface area contributed by atoms with E-state index in [4.69, 9.17) is 5.11 Å². The molecule has 2 rings (SSSR count). The summed E-state index contributed by atoms with van der Waals surface area (Å²) in [6.07, 6.45) is 3.11. The summed E-state index contributed by atoms with van der Waals surface area (Å²) in [7, 11) is 0. The van der Waals surface area contributed by atoms with Gasteiger partial charge < -0.3 is 10.0 Å².